The number of hydrogen-bond donors (Lipinski definition) is 2. The summed E-state index contributed by atoms with van der Waals surface area (Å²) < 4.78 is 13.3. The van der Waals surface area contributed by atoms with Crippen LogP contribution >= 0.6 is 11.6 Å². The summed E-state index contributed by atoms with van der Waals surface area (Å²) in [6, 6.07) is 6.47. The fraction of sp³-hybridized carbons (Fsp3) is 0.0909. The number of nitrogens with one attached hydrogen (secondary N) is 1. The lowest BCUT2D eigenvalue weighted by atomic mass is 10.2. The summed E-state index contributed by atoms with van der Waals surface area (Å²) in [4.78, 5) is 7.66. The zero-order chi connectivity index (χ0) is 12.3. The highest BCUT2D eigenvalue weighted by Crippen LogP contribution is 2.23. The number of nitrogen functional groups attached to an aromatic ring is 1. The molecule has 3 N–H and O–H groups in total. The second kappa shape index (κ2) is 4.97. The second-order valence-corrected chi connectivity index (χ2v) is 3.74. The third-order valence-corrected chi connectivity index (χ3v) is 2.59. The Labute approximate surface area is 103 Å². The molecule has 6 heteroatoms. The van der Waals surface area contributed by atoms with Crippen LogP contribution in [0.4, 0.5) is 16.0 Å². The molecular formula is C11H10ClFN4. The van der Waals surface area contributed by atoms with Crippen LogP contribution in [0.3, 0.4) is 0 Å². The molecule has 0 atom stereocenters. The molecule has 1 heterocycles. The smallest absolute Gasteiger partial charge is 0.150 e. The average Bonchev–Trinajstić information content (AvgIpc) is 2.33. The molecule has 0 spiro atoms. The Morgan fingerprint density at radius 3 is 2.82 bits per heavy atom. The molecule has 0 aliphatic carbocycles. The molecule has 0 aliphatic rings. The number of nitrogens with two attached hydrogens (primary N) is 1. The highest BCUT2D eigenvalue weighted by Gasteiger charge is 2.07. The van der Waals surface area contributed by atoms with E-state index in [4.69, 9.17) is 17.3 Å². The Morgan fingerprint density at radius 1 is 1.29 bits per heavy atom. The van der Waals surface area contributed by atoms with E-state index in [1.807, 2.05) is 0 Å². The van der Waals surface area contributed by atoms with Crippen molar-refractivity contribution in [3.8, 4) is 0 Å². The van der Waals surface area contributed by atoms with E-state index in [2.05, 4.69) is 15.3 Å². The zero-order valence-electron chi connectivity index (χ0n) is 8.82. The molecule has 0 saturated heterocycles. The van der Waals surface area contributed by atoms with E-state index in [0.29, 0.717) is 11.4 Å². The Morgan fingerprint density at radius 2 is 2.06 bits per heavy atom. The lowest BCUT2D eigenvalue weighted by molar-refractivity contribution is 0.613. The topological polar surface area (TPSA) is 63.8 Å². The lowest BCUT2D eigenvalue weighted by Crippen LogP contribution is -2.05. The van der Waals surface area contributed by atoms with Gasteiger partial charge in [0.05, 0.1) is 0 Å². The average molecular weight is 253 g/mol. The first kappa shape index (κ1) is 11.6. The van der Waals surface area contributed by atoms with Crippen LogP contribution in [0.5, 0.6) is 0 Å². The number of rotatable bonds is 3. The predicted molar refractivity (Wildman–Crippen MR) is 65.2 cm³/mol. The van der Waals surface area contributed by atoms with Gasteiger partial charge in [-0.1, -0.05) is 29.8 Å². The van der Waals surface area contributed by atoms with Gasteiger partial charge >= 0.3 is 0 Å². The van der Waals surface area contributed by atoms with Crippen molar-refractivity contribution in [3.63, 3.8) is 0 Å². The third-order valence-electron chi connectivity index (χ3n) is 2.22. The molecular weight excluding hydrogens is 243 g/mol. The Balaban J connectivity index is 2.13. The van der Waals surface area contributed by atoms with Gasteiger partial charge in [0.25, 0.3) is 0 Å². The number of halogens is 2. The number of aromatic nitrogens is 2. The minimum absolute atomic E-state index is 0.192. The van der Waals surface area contributed by atoms with Crippen LogP contribution in [0.25, 0.3) is 0 Å². The number of hydrogen-bond acceptors (Lipinski definition) is 4. The van der Waals surface area contributed by atoms with Gasteiger partial charge in [-0.05, 0) is 6.07 Å². The van der Waals surface area contributed by atoms with Gasteiger partial charge in [0.15, 0.2) is 5.82 Å². The van der Waals surface area contributed by atoms with E-state index in [1.165, 1.54) is 12.4 Å². The molecule has 0 saturated carbocycles. The van der Waals surface area contributed by atoms with Gasteiger partial charge in [0.1, 0.15) is 23.0 Å². The molecule has 1 aromatic heterocycles. The number of nitrogens with zero attached hydrogens (tertiary/aromatic N) is 2. The summed E-state index contributed by atoms with van der Waals surface area (Å²) in [6.45, 7) is 0.281. The minimum Gasteiger partial charge on any atom is -0.382 e. The van der Waals surface area contributed by atoms with Gasteiger partial charge in [-0.3, -0.25) is 0 Å². The first-order chi connectivity index (χ1) is 8.18. The largest absolute Gasteiger partial charge is 0.382 e. The molecule has 0 fully saturated rings. The van der Waals surface area contributed by atoms with Crippen molar-refractivity contribution in [2.75, 3.05) is 11.1 Å². The van der Waals surface area contributed by atoms with Crippen LogP contribution in [0, 0.1) is 5.82 Å². The van der Waals surface area contributed by atoms with E-state index in [-0.39, 0.29) is 23.2 Å². The Hall–Kier alpha value is -1.88. The molecule has 88 valence electrons. The molecule has 17 heavy (non-hydrogen) atoms. The highest BCUT2D eigenvalue weighted by molar-refractivity contribution is 6.35. The van der Waals surface area contributed by atoms with Crippen molar-refractivity contribution in [3.05, 3.63) is 47.0 Å². The first-order valence-electron chi connectivity index (χ1n) is 4.91. The quantitative estimate of drug-likeness (QED) is 0.881. The maximum Gasteiger partial charge on any atom is 0.150 e. The van der Waals surface area contributed by atoms with E-state index < -0.39 is 0 Å². The SMILES string of the molecule is Nc1ncnc(NCc2ccccc2F)c1Cl. The fourth-order valence-corrected chi connectivity index (χ4v) is 1.49. The van der Waals surface area contributed by atoms with Gasteiger partial charge in [0.2, 0.25) is 0 Å². The fourth-order valence-electron chi connectivity index (χ4n) is 1.33. The van der Waals surface area contributed by atoms with Crippen LogP contribution in [-0.4, -0.2) is 9.97 Å². The maximum absolute atomic E-state index is 13.3. The molecule has 1 aromatic carbocycles. The third kappa shape index (κ3) is 2.62. The predicted octanol–water partition coefficient (Wildman–Crippen LogP) is 2.46. The van der Waals surface area contributed by atoms with Crippen LogP contribution in [0.1, 0.15) is 5.56 Å². The van der Waals surface area contributed by atoms with Gasteiger partial charge in [0, 0.05) is 12.1 Å². The van der Waals surface area contributed by atoms with Crippen molar-refractivity contribution in [1.29, 1.82) is 0 Å². The maximum atomic E-state index is 13.3. The van der Waals surface area contributed by atoms with Crippen molar-refractivity contribution in [2.45, 2.75) is 6.54 Å². The molecule has 0 radical (unpaired) electrons. The van der Waals surface area contributed by atoms with E-state index in [9.17, 15) is 4.39 Å². The normalized spacial score (nSPS) is 10.2. The van der Waals surface area contributed by atoms with Crippen molar-refractivity contribution < 1.29 is 4.39 Å². The summed E-state index contributed by atoms with van der Waals surface area (Å²) in [5.74, 6) is 0.304. The molecule has 0 bridgehead atoms. The summed E-state index contributed by atoms with van der Waals surface area (Å²) in [5, 5.41) is 3.15. The zero-order valence-corrected chi connectivity index (χ0v) is 9.58. The molecule has 0 amide bonds. The summed E-state index contributed by atoms with van der Waals surface area (Å²) in [7, 11) is 0. The van der Waals surface area contributed by atoms with Gasteiger partial charge in [-0.25, -0.2) is 14.4 Å². The monoisotopic (exact) mass is 252 g/mol. The Kier molecular flexibility index (Phi) is 3.39. The van der Waals surface area contributed by atoms with E-state index >= 15 is 0 Å². The first-order valence-corrected chi connectivity index (χ1v) is 5.29. The van der Waals surface area contributed by atoms with E-state index in [0.717, 1.165) is 0 Å². The summed E-state index contributed by atoms with van der Waals surface area (Å²) in [6.07, 6.45) is 1.30. The second-order valence-electron chi connectivity index (χ2n) is 3.37. The molecule has 4 nitrogen and oxygen atoms in total. The Bertz CT molecular complexity index is 533. The van der Waals surface area contributed by atoms with Crippen LogP contribution in [-0.2, 0) is 6.54 Å². The van der Waals surface area contributed by atoms with Gasteiger partial charge in [-0.15, -0.1) is 0 Å². The van der Waals surface area contributed by atoms with Gasteiger partial charge < -0.3 is 11.1 Å². The summed E-state index contributed by atoms with van der Waals surface area (Å²) in [5.41, 5.74) is 6.05. The van der Waals surface area contributed by atoms with Crippen molar-refractivity contribution in [2.24, 2.45) is 0 Å². The summed E-state index contributed by atoms with van der Waals surface area (Å²) >= 11 is 5.89. The number of anilines is 2. The molecule has 2 rings (SSSR count). The van der Waals surface area contributed by atoms with E-state index in [1.54, 1.807) is 18.2 Å². The van der Waals surface area contributed by atoms with Crippen molar-refractivity contribution >= 4 is 23.2 Å². The standard InChI is InChI=1S/C11H10ClFN4/c12-9-10(14)16-6-17-11(9)15-5-7-3-1-2-4-8(7)13/h1-4,6H,5H2,(H3,14,15,16,17). The molecule has 2 aromatic rings. The van der Waals surface area contributed by atoms with Crippen molar-refractivity contribution in [1.82, 2.24) is 9.97 Å². The highest BCUT2D eigenvalue weighted by atomic mass is 35.5. The molecule has 0 unspecified atom stereocenters. The minimum atomic E-state index is -0.279. The van der Waals surface area contributed by atoms with Crippen LogP contribution in [0.15, 0.2) is 30.6 Å². The lowest BCUT2D eigenvalue weighted by Gasteiger charge is -2.08. The van der Waals surface area contributed by atoms with Gasteiger partial charge in [-0.2, -0.15) is 0 Å². The molecule has 0 aliphatic heterocycles. The number of benzene rings is 1. The van der Waals surface area contributed by atoms with Crippen LogP contribution < -0.4 is 11.1 Å². The van der Waals surface area contributed by atoms with Crippen LogP contribution in [0.2, 0.25) is 5.02 Å².